The summed E-state index contributed by atoms with van der Waals surface area (Å²) in [7, 11) is 4.05. The van der Waals surface area contributed by atoms with E-state index in [9.17, 15) is 9.90 Å². The molecule has 0 fully saturated rings. The Balaban J connectivity index is 2.85. The molecule has 0 aliphatic carbocycles. The number of carboxylic acid groups (broad SMARTS) is 1. The molecule has 1 atom stereocenters. The van der Waals surface area contributed by atoms with Crippen molar-refractivity contribution in [3.63, 3.8) is 0 Å². The molecule has 18 heavy (non-hydrogen) atoms. The van der Waals surface area contributed by atoms with Crippen LogP contribution in [0.5, 0.6) is 0 Å². The summed E-state index contributed by atoms with van der Waals surface area (Å²) >= 11 is 0. The summed E-state index contributed by atoms with van der Waals surface area (Å²) < 4.78 is 0. The van der Waals surface area contributed by atoms with E-state index >= 15 is 0 Å². The third-order valence-corrected chi connectivity index (χ3v) is 3.22. The third-order valence-electron chi connectivity index (χ3n) is 3.22. The lowest BCUT2D eigenvalue weighted by Gasteiger charge is -2.25. The van der Waals surface area contributed by atoms with Crippen molar-refractivity contribution >= 4 is 6.09 Å². The molecule has 0 unspecified atom stereocenters. The van der Waals surface area contributed by atoms with E-state index in [2.05, 4.69) is 24.0 Å². The highest BCUT2D eigenvalue weighted by molar-refractivity contribution is 5.62. The van der Waals surface area contributed by atoms with Crippen LogP contribution in [-0.2, 0) is 6.54 Å². The van der Waals surface area contributed by atoms with E-state index in [0.29, 0.717) is 19.1 Å². The molecule has 4 heteroatoms. The smallest absolute Gasteiger partial charge is 0.137 e. The van der Waals surface area contributed by atoms with Crippen molar-refractivity contribution in [2.75, 3.05) is 20.6 Å². The SMILES string of the molecule is CCN(Cc1cccc([C@H](C)N(C)C)c1)C(=O)[O-]. The minimum atomic E-state index is -1.12. The number of hydrogen-bond donors (Lipinski definition) is 0. The van der Waals surface area contributed by atoms with E-state index in [4.69, 9.17) is 0 Å². The largest absolute Gasteiger partial charge is 0.530 e. The maximum absolute atomic E-state index is 10.9. The van der Waals surface area contributed by atoms with E-state index < -0.39 is 6.09 Å². The molecule has 0 aliphatic heterocycles. The van der Waals surface area contributed by atoms with Gasteiger partial charge in [-0.2, -0.15) is 0 Å². The molecule has 1 aromatic carbocycles. The monoisotopic (exact) mass is 249 g/mol. The Morgan fingerprint density at radius 2 is 2.06 bits per heavy atom. The third kappa shape index (κ3) is 3.74. The molecule has 0 bridgehead atoms. The van der Waals surface area contributed by atoms with E-state index in [1.165, 1.54) is 10.5 Å². The van der Waals surface area contributed by atoms with E-state index in [-0.39, 0.29) is 0 Å². The van der Waals surface area contributed by atoms with Crippen LogP contribution in [-0.4, -0.2) is 36.5 Å². The van der Waals surface area contributed by atoms with Crippen molar-refractivity contribution in [2.24, 2.45) is 0 Å². The second-order valence-electron chi connectivity index (χ2n) is 4.66. The van der Waals surface area contributed by atoms with Gasteiger partial charge in [-0.25, -0.2) is 0 Å². The van der Waals surface area contributed by atoms with E-state index in [1.54, 1.807) is 0 Å². The van der Waals surface area contributed by atoms with Gasteiger partial charge in [0.2, 0.25) is 0 Å². The normalized spacial score (nSPS) is 12.5. The molecule has 1 amide bonds. The molecular weight excluding hydrogens is 228 g/mol. The Morgan fingerprint density at radius 1 is 1.39 bits per heavy atom. The summed E-state index contributed by atoms with van der Waals surface area (Å²) in [5, 5.41) is 10.9. The number of carbonyl (C=O) groups is 1. The molecular formula is C14H21N2O2-. The molecule has 0 spiro atoms. The fourth-order valence-electron chi connectivity index (χ4n) is 1.78. The fourth-order valence-corrected chi connectivity index (χ4v) is 1.78. The number of rotatable bonds is 5. The average Bonchev–Trinajstić information content (AvgIpc) is 2.34. The number of amides is 1. The number of hydrogen-bond acceptors (Lipinski definition) is 3. The van der Waals surface area contributed by atoms with Crippen molar-refractivity contribution in [2.45, 2.75) is 26.4 Å². The Labute approximate surface area is 109 Å². The van der Waals surface area contributed by atoms with Gasteiger partial charge in [0.25, 0.3) is 0 Å². The summed E-state index contributed by atoms with van der Waals surface area (Å²) in [5.74, 6) is 0. The molecule has 1 rings (SSSR count). The van der Waals surface area contributed by atoms with Crippen molar-refractivity contribution in [3.05, 3.63) is 35.4 Å². The van der Waals surface area contributed by atoms with Crippen LogP contribution in [0, 0.1) is 0 Å². The topological polar surface area (TPSA) is 46.6 Å². The zero-order valence-corrected chi connectivity index (χ0v) is 11.5. The minimum absolute atomic E-state index is 0.308. The van der Waals surface area contributed by atoms with E-state index in [1.807, 2.05) is 33.2 Å². The molecule has 0 saturated heterocycles. The molecule has 0 aromatic heterocycles. The van der Waals surface area contributed by atoms with Crippen molar-refractivity contribution in [1.29, 1.82) is 0 Å². The first-order valence-electron chi connectivity index (χ1n) is 6.16. The molecule has 0 N–H and O–H groups in total. The number of carbonyl (C=O) groups excluding carboxylic acids is 1. The van der Waals surface area contributed by atoms with Gasteiger partial charge >= 0.3 is 0 Å². The van der Waals surface area contributed by atoms with Gasteiger partial charge in [0.05, 0.1) is 0 Å². The van der Waals surface area contributed by atoms with Crippen LogP contribution in [0.1, 0.15) is 31.0 Å². The maximum Gasteiger partial charge on any atom is 0.137 e. The summed E-state index contributed by atoms with van der Waals surface area (Å²) in [6.07, 6.45) is -1.12. The Morgan fingerprint density at radius 3 is 2.56 bits per heavy atom. The van der Waals surface area contributed by atoms with Gasteiger partial charge in [0.15, 0.2) is 0 Å². The molecule has 0 radical (unpaired) electrons. The van der Waals surface area contributed by atoms with Crippen molar-refractivity contribution in [1.82, 2.24) is 9.80 Å². The zero-order chi connectivity index (χ0) is 13.7. The number of benzene rings is 1. The van der Waals surface area contributed by atoms with Crippen LogP contribution >= 0.6 is 0 Å². The standard InChI is InChI=1S/C14H22N2O2/c1-5-16(14(17)18)10-12-7-6-8-13(9-12)11(2)15(3)4/h6-9,11H,5,10H2,1-4H3,(H,17,18)/p-1/t11-/m0/s1. The van der Waals surface area contributed by atoms with Crippen molar-refractivity contribution < 1.29 is 9.90 Å². The molecule has 100 valence electrons. The maximum atomic E-state index is 10.9. The summed E-state index contributed by atoms with van der Waals surface area (Å²) in [6, 6.07) is 8.33. The first-order chi connectivity index (χ1) is 8.45. The Kier molecular flexibility index (Phi) is 5.16. The quantitative estimate of drug-likeness (QED) is 0.794. The second kappa shape index (κ2) is 6.40. The highest BCUT2D eigenvalue weighted by Crippen LogP contribution is 2.19. The van der Waals surface area contributed by atoms with Gasteiger partial charge in [-0.1, -0.05) is 24.3 Å². The fraction of sp³-hybridized carbons (Fsp3) is 0.500. The van der Waals surface area contributed by atoms with Gasteiger partial charge in [0, 0.05) is 19.1 Å². The summed E-state index contributed by atoms with van der Waals surface area (Å²) in [5.41, 5.74) is 2.18. The van der Waals surface area contributed by atoms with Gasteiger partial charge in [-0.05, 0) is 39.1 Å². The predicted octanol–water partition coefficient (Wildman–Crippen LogP) is 1.47. The highest BCUT2D eigenvalue weighted by atomic mass is 16.4. The van der Waals surface area contributed by atoms with Gasteiger partial charge in [-0.15, -0.1) is 0 Å². The van der Waals surface area contributed by atoms with Crippen LogP contribution in [0.4, 0.5) is 4.79 Å². The number of nitrogens with zero attached hydrogens (tertiary/aromatic N) is 2. The second-order valence-corrected chi connectivity index (χ2v) is 4.66. The van der Waals surface area contributed by atoms with Gasteiger partial charge in [0.1, 0.15) is 6.09 Å². The molecule has 1 aromatic rings. The first kappa shape index (κ1) is 14.5. The lowest BCUT2D eigenvalue weighted by molar-refractivity contribution is -0.266. The average molecular weight is 249 g/mol. The highest BCUT2D eigenvalue weighted by Gasteiger charge is 2.09. The zero-order valence-electron chi connectivity index (χ0n) is 11.5. The summed E-state index contributed by atoms with van der Waals surface area (Å²) in [4.78, 5) is 14.3. The van der Waals surface area contributed by atoms with Crippen molar-refractivity contribution in [3.8, 4) is 0 Å². The van der Waals surface area contributed by atoms with Gasteiger partial charge < -0.3 is 19.7 Å². The van der Waals surface area contributed by atoms with Crippen LogP contribution in [0.15, 0.2) is 24.3 Å². The first-order valence-corrected chi connectivity index (χ1v) is 6.16. The lowest BCUT2D eigenvalue weighted by atomic mass is 10.0. The van der Waals surface area contributed by atoms with Crippen LogP contribution in [0.2, 0.25) is 0 Å². The van der Waals surface area contributed by atoms with Crippen LogP contribution in [0.3, 0.4) is 0 Å². The molecule has 4 nitrogen and oxygen atoms in total. The molecule has 0 aliphatic rings. The minimum Gasteiger partial charge on any atom is -0.530 e. The molecule has 0 heterocycles. The lowest BCUT2D eigenvalue weighted by Crippen LogP contribution is -2.40. The molecule has 0 saturated carbocycles. The van der Waals surface area contributed by atoms with Gasteiger partial charge in [-0.3, -0.25) is 0 Å². The Bertz CT molecular complexity index is 405. The predicted molar refractivity (Wildman–Crippen MR) is 70.0 cm³/mol. The summed E-state index contributed by atoms with van der Waals surface area (Å²) in [6.45, 7) is 4.75. The van der Waals surface area contributed by atoms with E-state index in [0.717, 1.165) is 5.56 Å². The Hall–Kier alpha value is -1.55. The van der Waals surface area contributed by atoms with Crippen LogP contribution in [0.25, 0.3) is 0 Å². The van der Waals surface area contributed by atoms with Crippen LogP contribution < -0.4 is 5.11 Å².